The predicted molar refractivity (Wildman–Crippen MR) is 142 cm³/mol. The van der Waals surface area contributed by atoms with E-state index in [1.54, 1.807) is 17.1 Å². The van der Waals surface area contributed by atoms with Gasteiger partial charge in [-0.25, -0.2) is 9.40 Å². The molecule has 0 bridgehead atoms. The van der Waals surface area contributed by atoms with Crippen molar-refractivity contribution in [1.82, 2.24) is 5.01 Å². The molecule has 0 unspecified atom stereocenters. The van der Waals surface area contributed by atoms with Crippen molar-refractivity contribution in [3.05, 3.63) is 100 Å². The second-order valence-electron chi connectivity index (χ2n) is 8.60. The Balaban J connectivity index is 1.36. The first kappa shape index (κ1) is 24.2. The van der Waals surface area contributed by atoms with Gasteiger partial charge in [0.1, 0.15) is 11.1 Å². The molecule has 6 nitrogen and oxygen atoms in total. The van der Waals surface area contributed by atoms with E-state index in [4.69, 9.17) is 16.7 Å². The number of carbonyl (C=O) groups excluding carboxylic acids is 2. The van der Waals surface area contributed by atoms with Gasteiger partial charge in [0.05, 0.1) is 17.4 Å². The maximum absolute atomic E-state index is 13.9. The van der Waals surface area contributed by atoms with E-state index in [0.717, 1.165) is 22.4 Å². The van der Waals surface area contributed by atoms with Crippen LogP contribution in [-0.2, 0) is 9.59 Å². The van der Waals surface area contributed by atoms with Gasteiger partial charge in [0.25, 0.3) is 5.91 Å². The Kier molecular flexibility index (Phi) is 6.89. The van der Waals surface area contributed by atoms with Crippen LogP contribution in [0.15, 0.2) is 82.9 Å². The molecule has 0 fully saturated rings. The number of rotatable bonds is 5. The number of carbonyl (C=O) groups is 2. The fraction of sp³-hybridized carbons (Fsp3) is 0.185. The smallest absolute Gasteiger partial charge is 0.262 e. The number of hydrazone groups is 1. The Labute approximate surface area is 217 Å². The molecule has 3 aromatic rings. The molecule has 9 heteroatoms. The number of aryl methyl sites for hydroxylation is 1. The minimum atomic E-state index is -0.712. The zero-order chi connectivity index (χ0) is 25.2. The minimum Gasteiger partial charge on any atom is -0.324 e. The molecule has 182 valence electrons. The van der Waals surface area contributed by atoms with Crippen LogP contribution in [0.25, 0.3) is 0 Å². The Morgan fingerprint density at radius 1 is 1.11 bits per heavy atom. The molecule has 2 atom stereocenters. The van der Waals surface area contributed by atoms with Gasteiger partial charge in [0.15, 0.2) is 5.17 Å². The molecule has 5 rings (SSSR count). The molecule has 0 aliphatic carbocycles. The lowest BCUT2D eigenvalue weighted by molar-refractivity contribution is -0.121. The number of thioether (sulfide) groups is 1. The van der Waals surface area contributed by atoms with Gasteiger partial charge in [-0.05, 0) is 42.3 Å². The number of nitrogens with zero attached hydrogens (tertiary/aromatic N) is 3. The first-order valence-electron chi connectivity index (χ1n) is 11.4. The highest BCUT2D eigenvalue weighted by atomic mass is 35.5. The van der Waals surface area contributed by atoms with Crippen molar-refractivity contribution < 1.29 is 14.0 Å². The SMILES string of the molecule is Cc1ccc(C2=NN(C3=NC(=O)[C@@H](CC(=O)Nc4ccccc4F)S3)[C@@H](c3ccc(Cl)cc3)C2)cc1. The third-order valence-electron chi connectivity index (χ3n) is 5.99. The summed E-state index contributed by atoms with van der Waals surface area (Å²) in [6.45, 7) is 2.03. The Bertz CT molecular complexity index is 1380. The second-order valence-corrected chi connectivity index (χ2v) is 10.2. The summed E-state index contributed by atoms with van der Waals surface area (Å²) in [7, 11) is 0. The minimum absolute atomic E-state index is 0.0776. The van der Waals surface area contributed by atoms with Crippen molar-refractivity contribution in [2.45, 2.75) is 31.1 Å². The zero-order valence-corrected chi connectivity index (χ0v) is 20.9. The van der Waals surface area contributed by atoms with E-state index in [0.29, 0.717) is 16.6 Å². The third-order valence-corrected chi connectivity index (χ3v) is 7.39. The van der Waals surface area contributed by atoms with Crippen LogP contribution in [0.5, 0.6) is 0 Å². The highest BCUT2D eigenvalue weighted by molar-refractivity contribution is 8.15. The van der Waals surface area contributed by atoms with Crippen LogP contribution in [-0.4, -0.2) is 33.0 Å². The number of hydrogen-bond acceptors (Lipinski definition) is 5. The Morgan fingerprint density at radius 2 is 1.83 bits per heavy atom. The number of amides is 2. The molecule has 0 radical (unpaired) electrons. The number of amidine groups is 1. The van der Waals surface area contributed by atoms with Gasteiger partial charge in [0, 0.05) is 17.9 Å². The largest absolute Gasteiger partial charge is 0.324 e. The number of aliphatic imine (C=N–C) groups is 1. The summed E-state index contributed by atoms with van der Waals surface area (Å²) in [6.07, 6.45) is 0.496. The van der Waals surface area contributed by atoms with E-state index in [9.17, 15) is 14.0 Å². The maximum Gasteiger partial charge on any atom is 0.262 e. The predicted octanol–water partition coefficient (Wildman–Crippen LogP) is 5.97. The number of benzene rings is 3. The molecule has 1 N–H and O–H groups in total. The normalized spacial score (nSPS) is 19.3. The lowest BCUT2D eigenvalue weighted by atomic mass is 9.98. The van der Waals surface area contributed by atoms with Crippen molar-refractivity contribution in [1.29, 1.82) is 0 Å². The van der Waals surface area contributed by atoms with E-state index in [-0.39, 0.29) is 18.2 Å². The van der Waals surface area contributed by atoms with Gasteiger partial charge in [-0.3, -0.25) is 9.59 Å². The van der Waals surface area contributed by atoms with Gasteiger partial charge in [-0.1, -0.05) is 77.5 Å². The zero-order valence-electron chi connectivity index (χ0n) is 19.3. The van der Waals surface area contributed by atoms with Gasteiger partial charge < -0.3 is 5.32 Å². The first-order valence-corrected chi connectivity index (χ1v) is 12.7. The summed E-state index contributed by atoms with van der Waals surface area (Å²) >= 11 is 7.30. The number of anilines is 1. The van der Waals surface area contributed by atoms with E-state index in [1.165, 1.54) is 23.9 Å². The highest BCUT2D eigenvalue weighted by Gasteiger charge is 2.39. The standard InChI is InChI=1S/C27H22ClFN4O2S/c1-16-6-8-17(9-7-16)22-14-23(18-10-12-19(28)13-11-18)33(32-22)27-31-26(35)24(36-27)15-25(34)30-21-5-3-2-4-20(21)29/h2-13,23-24H,14-15H2,1H3,(H,30,34)/t23-,24-/m1/s1. The van der Waals surface area contributed by atoms with Gasteiger partial charge in [-0.2, -0.15) is 10.1 Å². The van der Waals surface area contributed by atoms with E-state index >= 15 is 0 Å². The fourth-order valence-corrected chi connectivity index (χ4v) is 5.28. The summed E-state index contributed by atoms with van der Waals surface area (Å²) in [6, 6.07) is 21.4. The summed E-state index contributed by atoms with van der Waals surface area (Å²) in [5.74, 6) is -1.40. The molecule has 2 amide bonds. The van der Waals surface area contributed by atoms with Crippen LogP contribution in [0.1, 0.15) is 35.6 Å². The van der Waals surface area contributed by atoms with Crippen LogP contribution < -0.4 is 5.32 Å². The van der Waals surface area contributed by atoms with Gasteiger partial charge in [0.2, 0.25) is 5.91 Å². The van der Waals surface area contributed by atoms with Crippen molar-refractivity contribution in [2.75, 3.05) is 5.32 Å². The van der Waals surface area contributed by atoms with Crippen molar-refractivity contribution in [3.8, 4) is 0 Å². The molecule has 2 aliphatic rings. The summed E-state index contributed by atoms with van der Waals surface area (Å²) < 4.78 is 13.9. The van der Waals surface area contributed by atoms with Crippen LogP contribution in [0.3, 0.4) is 0 Å². The van der Waals surface area contributed by atoms with Gasteiger partial charge in [-0.15, -0.1) is 0 Å². The quantitative estimate of drug-likeness (QED) is 0.450. The number of nitrogens with one attached hydrogen (secondary N) is 1. The molecule has 3 aromatic carbocycles. The number of hydrogen-bond donors (Lipinski definition) is 1. The second kappa shape index (κ2) is 10.2. The van der Waals surface area contributed by atoms with E-state index < -0.39 is 22.9 Å². The van der Waals surface area contributed by atoms with E-state index in [2.05, 4.69) is 10.3 Å². The molecule has 0 saturated carbocycles. The number of para-hydroxylation sites is 1. The van der Waals surface area contributed by atoms with Crippen LogP contribution in [0.4, 0.5) is 10.1 Å². The van der Waals surface area contributed by atoms with Crippen molar-refractivity contribution >= 4 is 51.7 Å². The fourth-order valence-electron chi connectivity index (χ4n) is 4.09. The summed E-state index contributed by atoms with van der Waals surface area (Å²) in [4.78, 5) is 29.5. The molecular formula is C27H22ClFN4O2S. The maximum atomic E-state index is 13.9. The van der Waals surface area contributed by atoms with Crippen molar-refractivity contribution in [2.24, 2.45) is 10.1 Å². The average Bonchev–Trinajstić information content (AvgIpc) is 3.45. The molecular weight excluding hydrogens is 499 g/mol. The molecule has 0 aromatic heterocycles. The lowest BCUT2D eigenvalue weighted by Crippen LogP contribution is -2.25. The molecule has 0 spiro atoms. The lowest BCUT2D eigenvalue weighted by Gasteiger charge is -2.23. The Morgan fingerprint density at radius 3 is 2.56 bits per heavy atom. The highest BCUT2D eigenvalue weighted by Crippen LogP contribution is 2.39. The first-order chi connectivity index (χ1) is 17.4. The monoisotopic (exact) mass is 520 g/mol. The molecule has 36 heavy (non-hydrogen) atoms. The molecule has 2 heterocycles. The molecule has 2 aliphatic heterocycles. The average molecular weight is 521 g/mol. The van der Waals surface area contributed by atoms with Crippen molar-refractivity contribution in [3.63, 3.8) is 0 Å². The summed E-state index contributed by atoms with van der Waals surface area (Å²) in [5, 5.41) is 9.49. The number of halogens is 2. The Hall–Kier alpha value is -3.49. The van der Waals surface area contributed by atoms with Crippen LogP contribution in [0.2, 0.25) is 5.02 Å². The molecule has 0 saturated heterocycles. The van der Waals surface area contributed by atoms with Crippen LogP contribution in [0, 0.1) is 12.7 Å². The van der Waals surface area contributed by atoms with E-state index in [1.807, 2.05) is 55.5 Å². The summed E-state index contributed by atoms with van der Waals surface area (Å²) in [5.41, 5.74) is 4.10. The topological polar surface area (TPSA) is 74.1 Å². The third kappa shape index (κ3) is 5.20. The van der Waals surface area contributed by atoms with Gasteiger partial charge >= 0.3 is 0 Å². The van der Waals surface area contributed by atoms with Crippen LogP contribution >= 0.6 is 23.4 Å².